The van der Waals surface area contributed by atoms with Crippen LogP contribution in [0.15, 0.2) is 0 Å². The predicted octanol–water partition coefficient (Wildman–Crippen LogP) is 2.02. The molecule has 0 aliphatic rings. The van der Waals surface area contributed by atoms with Gasteiger partial charge in [-0.3, -0.25) is 4.79 Å². The first-order valence-electron chi connectivity index (χ1n) is 7.05. The Bertz CT molecular complexity index is 220. The van der Waals surface area contributed by atoms with E-state index in [2.05, 4.69) is 6.92 Å². The number of nitrogens with two attached hydrogens (primary N) is 1. The molecule has 108 valence electrons. The Morgan fingerprint density at radius 3 is 2.44 bits per heavy atom. The second kappa shape index (κ2) is 10.3. The second-order valence-corrected chi connectivity index (χ2v) is 5.06. The zero-order chi connectivity index (χ0) is 14.0. The van der Waals surface area contributed by atoms with Crippen molar-refractivity contribution in [2.24, 2.45) is 11.7 Å². The highest BCUT2D eigenvalue weighted by Gasteiger charge is 2.17. The van der Waals surface area contributed by atoms with Crippen molar-refractivity contribution in [1.29, 1.82) is 0 Å². The summed E-state index contributed by atoms with van der Waals surface area (Å²) in [4.78, 5) is 14.1. The van der Waals surface area contributed by atoms with Crippen molar-refractivity contribution < 1.29 is 9.53 Å². The standard InChI is InChI=1S/C14H30N2O2/c1-5-13(8-9-15)6-7-14(17)16(12(2)3)10-11-18-4/h12-13H,5-11,15H2,1-4H3. The van der Waals surface area contributed by atoms with Crippen LogP contribution in [-0.2, 0) is 9.53 Å². The average molecular weight is 258 g/mol. The maximum Gasteiger partial charge on any atom is 0.222 e. The molecule has 0 aliphatic heterocycles. The lowest BCUT2D eigenvalue weighted by molar-refractivity contribution is -0.133. The molecule has 2 N–H and O–H groups in total. The molecule has 0 radical (unpaired) electrons. The number of methoxy groups -OCH3 is 1. The monoisotopic (exact) mass is 258 g/mol. The third kappa shape index (κ3) is 6.97. The van der Waals surface area contributed by atoms with Crippen LogP contribution in [0.5, 0.6) is 0 Å². The lowest BCUT2D eigenvalue weighted by Crippen LogP contribution is -2.39. The summed E-state index contributed by atoms with van der Waals surface area (Å²) in [5.41, 5.74) is 5.57. The maximum absolute atomic E-state index is 12.2. The van der Waals surface area contributed by atoms with Gasteiger partial charge >= 0.3 is 0 Å². The van der Waals surface area contributed by atoms with E-state index in [4.69, 9.17) is 10.5 Å². The molecule has 0 aromatic heterocycles. The van der Waals surface area contributed by atoms with Gasteiger partial charge in [0.05, 0.1) is 6.61 Å². The van der Waals surface area contributed by atoms with Crippen LogP contribution in [-0.4, -0.2) is 43.7 Å². The zero-order valence-corrected chi connectivity index (χ0v) is 12.4. The van der Waals surface area contributed by atoms with Crippen molar-refractivity contribution in [1.82, 2.24) is 4.90 Å². The first kappa shape index (κ1) is 17.4. The Kier molecular flexibility index (Phi) is 9.98. The summed E-state index contributed by atoms with van der Waals surface area (Å²) >= 11 is 0. The van der Waals surface area contributed by atoms with E-state index in [1.807, 2.05) is 18.7 Å². The third-order valence-corrected chi connectivity index (χ3v) is 3.40. The Hall–Kier alpha value is -0.610. The molecule has 0 aromatic carbocycles. The average Bonchev–Trinajstić information content (AvgIpc) is 2.34. The molecule has 0 heterocycles. The third-order valence-electron chi connectivity index (χ3n) is 3.40. The van der Waals surface area contributed by atoms with Crippen molar-refractivity contribution in [2.75, 3.05) is 26.8 Å². The zero-order valence-electron chi connectivity index (χ0n) is 12.4. The number of amides is 1. The van der Waals surface area contributed by atoms with E-state index in [0.717, 1.165) is 19.3 Å². The summed E-state index contributed by atoms with van der Waals surface area (Å²) < 4.78 is 5.05. The van der Waals surface area contributed by atoms with Gasteiger partial charge in [-0.15, -0.1) is 0 Å². The molecule has 0 spiro atoms. The molecular formula is C14H30N2O2. The Morgan fingerprint density at radius 1 is 1.33 bits per heavy atom. The van der Waals surface area contributed by atoms with Crippen LogP contribution in [0.2, 0.25) is 0 Å². The van der Waals surface area contributed by atoms with E-state index < -0.39 is 0 Å². The largest absolute Gasteiger partial charge is 0.383 e. The molecule has 18 heavy (non-hydrogen) atoms. The number of rotatable bonds is 10. The molecule has 0 bridgehead atoms. The molecule has 4 nitrogen and oxygen atoms in total. The first-order valence-corrected chi connectivity index (χ1v) is 7.05. The molecule has 0 aromatic rings. The number of hydrogen-bond donors (Lipinski definition) is 1. The minimum absolute atomic E-state index is 0.234. The Morgan fingerprint density at radius 2 is 2.00 bits per heavy atom. The van der Waals surface area contributed by atoms with Crippen molar-refractivity contribution in [2.45, 2.75) is 52.5 Å². The van der Waals surface area contributed by atoms with Crippen molar-refractivity contribution in [3.63, 3.8) is 0 Å². The molecule has 0 saturated carbocycles. The molecule has 0 aliphatic carbocycles. The molecule has 1 amide bonds. The topological polar surface area (TPSA) is 55.6 Å². The van der Waals surface area contributed by atoms with Gasteiger partial charge in [0.1, 0.15) is 0 Å². The van der Waals surface area contributed by atoms with Crippen molar-refractivity contribution in [3.8, 4) is 0 Å². The van der Waals surface area contributed by atoms with Crippen LogP contribution in [0.4, 0.5) is 0 Å². The number of nitrogens with zero attached hydrogens (tertiary/aromatic N) is 1. The highest BCUT2D eigenvalue weighted by Crippen LogP contribution is 2.16. The smallest absolute Gasteiger partial charge is 0.222 e. The summed E-state index contributed by atoms with van der Waals surface area (Å²) in [6.45, 7) is 8.25. The Balaban J connectivity index is 4.16. The number of carbonyl (C=O) groups excluding carboxylic acids is 1. The number of carbonyl (C=O) groups is 1. The fraction of sp³-hybridized carbons (Fsp3) is 0.929. The minimum Gasteiger partial charge on any atom is -0.383 e. The van der Waals surface area contributed by atoms with Gasteiger partial charge in [-0.25, -0.2) is 0 Å². The fourth-order valence-electron chi connectivity index (χ4n) is 2.12. The second-order valence-electron chi connectivity index (χ2n) is 5.06. The fourth-order valence-corrected chi connectivity index (χ4v) is 2.12. The van der Waals surface area contributed by atoms with Gasteiger partial charge in [0.25, 0.3) is 0 Å². The van der Waals surface area contributed by atoms with Gasteiger partial charge < -0.3 is 15.4 Å². The van der Waals surface area contributed by atoms with Gasteiger partial charge in [0.2, 0.25) is 5.91 Å². The van der Waals surface area contributed by atoms with Gasteiger partial charge in [0.15, 0.2) is 0 Å². The van der Waals surface area contributed by atoms with Crippen LogP contribution >= 0.6 is 0 Å². The molecule has 0 fully saturated rings. The summed E-state index contributed by atoms with van der Waals surface area (Å²) in [5.74, 6) is 0.813. The molecular weight excluding hydrogens is 228 g/mol. The first-order chi connectivity index (χ1) is 8.56. The summed E-state index contributed by atoms with van der Waals surface area (Å²) in [6, 6.07) is 0.238. The molecule has 4 heteroatoms. The van der Waals surface area contributed by atoms with Gasteiger partial charge in [-0.2, -0.15) is 0 Å². The van der Waals surface area contributed by atoms with Crippen LogP contribution in [0, 0.1) is 5.92 Å². The van der Waals surface area contributed by atoms with Crippen LogP contribution < -0.4 is 5.73 Å². The van der Waals surface area contributed by atoms with Crippen LogP contribution in [0.3, 0.4) is 0 Å². The minimum atomic E-state index is 0.234. The van der Waals surface area contributed by atoms with Crippen LogP contribution in [0.1, 0.15) is 46.5 Å². The van der Waals surface area contributed by atoms with Crippen LogP contribution in [0.25, 0.3) is 0 Å². The summed E-state index contributed by atoms with van der Waals surface area (Å²) in [5, 5.41) is 0. The summed E-state index contributed by atoms with van der Waals surface area (Å²) in [7, 11) is 1.66. The van der Waals surface area contributed by atoms with E-state index in [1.165, 1.54) is 0 Å². The van der Waals surface area contributed by atoms with E-state index >= 15 is 0 Å². The van der Waals surface area contributed by atoms with Crippen molar-refractivity contribution >= 4 is 5.91 Å². The number of hydrogen-bond acceptors (Lipinski definition) is 3. The lowest BCUT2D eigenvalue weighted by atomic mass is 9.96. The van der Waals surface area contributed by atoms with Crippen molar-refractivity contribution in [3.05, 3.63) is 0 Å². The Labute approximate surface area is 112 Å². The molecule has 1 unspecified atom stereocenters. The van der Waals surface area contributed by atoms with E-state index in [1.54, 1.807) is 7.11 Å². The molecule has 0 saturated heterocycles. The van der Waals surface area contributed by atoms with Gasteiger partial charge in [0, 0.05) is 26.1 Å². The maximum atomic E-state index is 12.2. The van der Waals surface area contributed by atoms with Gasteiger partial charge in [-0.05, 0) is 39.2 Å². The summed E-state index contributed by atoms with van der Waals surface area (Å²) in [6.07, 6.45) is 3.69. The van der Waals surface area contributed by atoms with E-state index in [9.17, 15) is 4.79 Å². The highest BCUT2D eigenvalue weighted by atomic mass is 16.5. The highest BCUT2D eigenvalue weighted by molar-refractivity contribution is 5.76. The van der Waals surface area contributed by atoms with E-state index in [-0.39, 0.29) is 11.9 Å². The SMILES string of the molecule is CCC(CCN)CCC(=O)N(CCOC)C(C)C. The number of ether oxygens (including phenoxy) is 1. The predicted molar refractivity (Wildman–Crippen MR) is 75.4 cm³/mol. The quantitative estimate of drug-likeness (QED) is 0.652. The molecule has 0 rings (SSSR count). The lowest BCUT2D eigenvalue weighted by Gasteiger charge is -2.27. The normalized spacial score (nSPS) is 12.8. The molecule has 1 atom stereocenters. The van der Waals surface area contributed by atoms with E-state index in [0.29, 0.717) is 32.0 Å². The van der Waals surface area contributed by atoms with Gasteiger partial charge in [-0.1, -0.05) is 13.3 Å².